The Hall–Kier alpha value is -2.48. The Labute approximate surface area is 193 Å². The van der Waals surface area contributed by atoms with Gasteiger partial charge in [0.2, 0.25) is 0 Å². The minimum absolute atomic E-state index is 0.00129. The van der Waals surface area contributed by atoms with Crippen molar-refractivity contribution in [3.05, 3.63) is 48.0 Å². The van der Waals surface area contributed by atoms with Gasteiger partial charge in [0.15, 0.2) is 6.61 Å². The van der Waals surface area contributed by atoms with Gasteiger partial charge in [-0.25, -0.2) is 4.98 Å². The Morgan fingerprint density at radius 2 is 2.09 bits per heavy atom. The maximum atomic E-state index is 12.5. The van der Waals surface area contributed by atoms with E-state index >= 15 is 0 Å². The van der Waals surface area contributed by atoms with Gasteiger partial charge in [-0.1, -0.05) is 12.1 Å². The fourth-order valence-electron chi connectivity index (χ4n) is 4.08. The molecule has 0 aliphatic carbocycles. The fourth-order valence-corrected chi connectivity index (χ4v) is 5.04. The van der Waals surface area contributed by atoms with Crippen molar-refractivity contribution in [1.82, 2.24) is 15.2 Å². The second-order valence-corrected chi connectivity index (χ2v) is 10.2. The van der Waals surface area contributed by atoms with Crippen LogP contribution in [-0.2, 0) is 16.1 Å². The number of amides is 1. The van der Waals surface area contributed by atoms with E-state index < -0.39 is 0 Å². The largest absolute Gasteiger partial charge is 0.483 e. The lowest BCUT2D eigenvalue weighted by Crippen LogP contribution is -2.47. The molecule has 1 aliphatic rings. The molecule has 6 nitrogen and oxygen atoms in total. The van der Waals surface area contributed by atoms with Crippen molar-refractivity contribution in [3.63, 3.8) is 0 Å². The number of thiazole rings is 1. The molecule has 1 atom stereocenters. The molecule has 1 N–H and O–H groups in total. The zero-order valence-corrected chi connectivity index (χ0v) is 20.0. The molecule has 1 amide bonds. The van der Waals surface area contributed by atoms with Gasteiger partial charge < -0.3 is 19.7 Å². The minimum atomic E-state index is -0.202. The summed E-state index contributed by atoms with van der Waals surface area (Å²) in [5, 5.41) is 4.08. The summed E-state index contributed by atoms with van der Waals surface area (Å²) in [6.07, 6.45) is 1.64. The molecule has 0 spiro atoms. The van der Waals surface area contributed by atoms with E-state index in [1.165, 1.54) is 4.70 Å². The van der Waals surface area contributed by atoms with Crippen LogP contribution in [0.15, 0.2) is 42.5 Å². The number of hydrogen-bond acceptors (Lipinski definition) is 6. The summed E-state index contributed by atoms with van der Waals surface area (Å²) in [5.41, 5.74) is 2.90. The lowest BCUT2D eigenvalue weighted by Gasteiger charge is -2.35. The zero-order valence-electron chi connectivity index (χ0n) is 19.2. The first-order valence-corrected chi connectivity index (χ1v) is 11.8. The molecule has 0 unspecified atom stereocenters. The van der Waals surface area contributed by atoms with Crippen LogP contribution in [0.2, 0.25) is 0 Å². The van der Waals surface area contributed by atoms with E-state index in [1.54, 1.807) is 11.3 Å². The van der Waals surface area contributed by atoms with Crippen LogP contribution in [0, 0.1) is 0 Å². The number of aromatic nitrogens is 1. The Bertz CT molecular complexity index is 1060. The Kier molecular flexibility index (Phi) is 6.79. The summed E-state index contributed by atoms with van der Waals surface area (Å²) in [6.45, 7) is 5.49. The number of nitrogens with zero attached hydrogens (tertiary/aromatic N) is 2. The highest BCUT2D eigenvalue weighted by Gasteiger charge is 2.29. The van der Waals surface area contributed by atoms with E-state index in [-0.39, 0.29) is 24.2 Å². The van der Waals surface area contributed by atoms with E-state index in [9.17, 15) is 4.79 Å². The molecular formula is C25H31N3O3S. The van der Waals surface area contributed by atoms with Crippen LogP contribution >= 0.6 is 11.3 Å². The van der Waals surface area contributed by atoms with Crippen LogP contribution in [0.1, 0.15) is 32.3 Å². The monoisotopic (exact) mass is 453 g/mol. The fraction of sp³-hybridized carbons (Fsp3) is 0.440. The number of benzene rings is 2. The molecule has 3 aromatic rings. The van der Waals surface area contributed by atoms with E-state index in [1.807, 2.05) is 44.4 Å². The number of rotatable bonds is 7. The normalized spacial score (nSPS) is 18.1. The third-order valence-corrected chi connectivity index (χ3v) is 6.59. The second kappa shape index (κ2) is 9.57. The van der Waals surface area contributed by atoms with Gasteiger partial charge in [0.05, 0.1) is 15.8 Å². The number of hydrogen-bond donors (Lipinski definition) is 1. The molecule has 0 bridgehead atoms. The number of carbonyl (C=O) groups excluding carboxylic acids is 1. The van der Waals surface area contributed by atoms with Gasteiger partial charge in [-0.15, -0.1) is 11.3 Å². The summed E-state index contributed by atoms with van der Waals surface area (Å²) >= 11 is 1.68. The van der Waals surface area contributed by atoms with Crippen LogP contribution < -0.4 is 10.1 Å². The van der Waals surface area contributed by atoms with E-state index in [0.29, 0.717) is 13.2 Å². The van der Waals surface area contributed by atoms with Crippen LogP contribution in [0.4, 0.5) is 0 Å². The van der Waals surface area contributed by atoms with Crippen LogP contribution in [-0.4, -0.2) is 54.7 Å². The maximum Gasteiger partial charge on any atom is 0.258 e. The summed E-state index contributed by atoms with van der Waals surface area (Å²) in [7, 11) is 4.04. The quantitative estimate of drug-likeness (QED) is 0.572. The summed E-state index contributed by atoms with van der Waals surface area (Å²) < 4.78 is 12.9. The molecule has 7 heteroatoms. The predicted molar refractivity (Wildman–Crippen MR) is 129 cm³/mol. The first-order valence-electron chi connectivity index (χ1n) is 11.0. The Balaban J connectivity index is 1.46. The molecule has 2 aromatic carbocycles. The summed E-state index contributed by atoms with van der Waals surface area (Å²) in [5.74, 6) is 0.629. The van der Waals surface area contributed by atoms with Crippen molar-refractivity contribution < 1.29 is 14.3 Å². The van der Waals surface area contributed by atoms with Gasteiger partial charge >= 0.3 is 0 Å². The third-order valence-electron chi connectivity index (χ3n) is 5.51. The number of nitrogens with one attached hydrogen (secondary N) is 1. The van der Waals surface area contributed by atoms with Gasteiger partial charge in [-0.2, -0.15) is 0 Å². The number of carbonyl (C=O) groups is 1. The molecule has 170 valence electrons. The second-order valence-electron chi connectivity index (χ2n) is 9.20. The van der Waals surface area contributed by atoms with Gasteiger partial charge in [0.25, 0.3) is 5.91 Å². The van der Waals surface area contributed by atoms with Crippen LogP contribution in [0.25, 0.3) is 20.8 Å². The van der Waals surface area contributed by atoms with Crippen LogP contribution in [0.3, 0.4) is 0 Å². The highest BCUT2D eigenvalue weighted by Crippen LogP contribution is 2.33. The summed E-state index contributed by atoms with van der Waals surface area (Å²) in [6, 6.07) is 14.4. The highest BCUT2D eigenvalue weighted by molar-refractivity contribution is 7.21. The molecule has 1 fully saturated rings. The van der Waals surface area contributed by atoms with Crippen molar-refractivity contribution in [2.75, 3.05) is 27.3 Å². The van der Waals surface area contributed by atoms with Gasteiger partial charge in [-0.3, -0.25) is 4.79 Å². The number of fused-ring (bicyclic) bond motifs is 1. The molecular weight excluding hydrogens is 422 g/mol. The van der Waals surface area contributed by atoms with E-state index in [2.05, 4.69) is 36.2 Å². The van der Waals surface area contributed by atoms with Crippen molar-refractivity contribution in [3.8, 4) is 16.3 Å². The molecule has 1 saturated heterocycles. The molecule has 32 heavy (non-hydrogen) atoms. The Morgan fingerprint density at radius 1 is 1.28 bits per heavy atom. The average molecular weight is 454 g/mol. The molecule has 0 saturated carbocycles. The van der Waals surface area contributed by atoms with Gasteiger partial charge in [0, 0.05) is 30.3 Å². The zero-order chi connectivity index (χ0) is 22.7. The van der Waals surface area contributed by atoms with Crippen molar-refractivity contribution in [1.29, 1.82) is 0 Å². The third kappa shape index (κ3) is 5.65. The van der Waals surface area contributed by atoms with E-state index in [4.69, 9.17) is 14.5 Å². The predicted octanol–water partition coefficient (Wildman–Crippen LogP) is 4.48. The van der Waals surface area contributed by atoms with Crippen LogP contribution in [0.5, 0.6) is 5.75 Å². The molecule has 4 rings (SSSR count). The molecule has 1 aliphatic heterocycles. The topological polar surface area (TPSA) is 63.7 Å². The maximum absolute atomic E-state index is 12.5. The average Bonchev–Trinajstić information content (AvgIpc) is 3.16. The first kappa shape index (κ1) is 22.7. The van der Waals surface area contributed by atoms with Crippen molar-refractivity contribution in [2.24, 2.45) is 0 Å². The minimum Gasteiger partial charge on any atom is -0.483 e. The Morgan fingerprint density at radius 3 is 2.84 bits per heavy atom. The lowest BCUT2D eigenvalue weighted by molar-refractivity contribution is -0.126. The molecule has 1 aromatic heterocycles. The van der Waals surface area contributed by atoms with Crippen molar-refractivity contribution >= 4 is 27.5 Å². The summed E-state index contributed by atoms with van der Waals surface area (Å²) in [4.78, 5) is 19.4. The SMILES string of the molecule is CN(C)Cc1cc(-c2nc3ccccc3s2)ccc1OCC(=O)N[C@@H]1CCOC(C)(C)C1. The first-order chi connectivity index (χ1) is 15.3. The lowest BCUT2D eigenvalue weighted by atomic mass is 9.94. The van der Waals surface area contributed by atoms with Gasteiger partial charge in [0.1, 0.15) is 10.8 Å². The standard InChI is InChI=1S/C25H31N3O3S/c1-25(2)14-19(11-12-31-25)26-23(29)16-30-21-10-9-17(13-18(21)15-28(3)4)24-27-20-7-5-6-8-22(20)32-24/h5-10,13,19H,11-12,14-16H2,1-4H3,(H,26,29)/t19-/m1/s1. The number of para-hydroxylation sites is 1. The molecule has 2 heterocycles. The molecule has 0 radical (unpaired) electrons. The smallest absolute Gasteiger partial charge is 0.258 e. The number of ether oxygens (including phenoxy) is 2. The highest BCUT2D eigenvalue weighted by atomic mass is 32.1. The van der Waals surface area contributed by atoms with Crippen molar-refractivity contribution in [2.45, 2.75) is 44.9 Å². The van der Waals surface area contributed by atoms with E-state index in [0.717, 1.165) is 40.2 Å². The van der Waals surface area contributed by atoms with Gasteiger partial charge in [-0.05, 0) is 71.1 Å².